The van der Waals surface area contributed by atoms with Crippen molar-refractivity contribution in [3.8, 4) is 0 Å². The van der Waals surface area contributed by atoms with Crippen LogP contribution in [0.2, 0.25) is 5.02 Å². The third-order valence-corrected chi connectivity index (χ3v) is 5.22. The summed E-state index contributed by atoms with van der Waals surface area (Å²) >= 11 is 5.76. The number of carbonyl (C=O) groups excluding carboxylic acids is 3. The van der Waals surface area contributed by atoms with Crippen LogP contribution in [0.1, 0.15) is 41.7 Å². The SMILES string of the molecule is C[C@H]1CC[C@H](c2cc(F)c(F)c(Cl)c2)N(C(=O)C(=O)Nc2cncc(C(N)=O)c2)C1. The van der Waals surface area contributed by atoms with Crippen molar-refractivity contribution in [2.45, 2.75) is 25.8 Å². The fourth-order valence-electron chi connectivity index (χ4n) is 3.45. The van der Waals surface area contributed by atoms with E-state index in [1.165, 1.54) is 29.4 Å². The van der Waals surface area contributed by atoms with Gasteiger partial charge in [-0.2, -0.15) is 0 Å². The quantitative estimate of drug-likeness (QED) is 0.569. The maximum Gasteiger partial charge on any atom is 0.313 e. The zero-order valence-electron chi connectivity index (χ0n) is 16.0. The number of likely N-dealkylation sites (tertiary alicyclic amines) is 1. The predicted octanol–water partition coefficient (Wildman–Crippen LogP) is 3.05. The van der Waals surface area contributed by atoms with Gasteiger partial charge in [-0.3, -0.25) is 19.4 Å². The largest absolute Gasteiger partial charge is 0.366 e. The maximum absolute atomic E-state index is 13.9. The third-order valence-electron chi connectivity index (χ3n) is 4.94. The number of primary amides is 1. The Kier molecular flexibility index (Phi) is 6.31. The van der Waals surface area contributed by atoms with E-state index in [2.05, 4.69) is 10.3 Å². The third kappa shape index (κ3) is 4.56. The van der Waals surface area contributed by atoms with Gasteiger partial charge in [-0.05, 0) is 42.5 Å². The van der Waals surface area contributed by atoms with Gasteiger partial charge in [0.05, 0.1) is 28.5 Å². The first-order valence-corrected chi connectivity index (χ1v) is 9.56. The minimum Gasteiger partial charge on any atom is -0.366 e. The van der Waals surface area contributed by atoms with E-state index >= 15 is 0 Å². The second-order valence-corrected chi connectivity index (χ2v) is 7.64. The number of halogens is 3. The van der Waals surface area contributed by atoms with Crippen LogP contribution in [0.15, 0.2) is 30.6 Å². The highest BCUT2D eigenvalue weighted by Crippen LogP contribution is 2.35. The number of carbonyl (C=O) groups is 3. The van der Waals surface area contributed by atoms with Crippen LogP contribution in [0.3, 0.4) is 0 Å². The molecule has 2 heterocycles. The molecule has 1 aromatic carbocycles. The van der Waals surface area contributed by atoms with E-state index in [0.717, 1.165) is 12.5 Å². The van der Waals surface area contributed by atoms with Crippen molar-refractivity contribution in [2.24, 2.45) is 11.7 Å². The number of aromatic nitrogens is 1. The van der Waals surface area contributed by atoms with Gasteiger partial charge in [0, 0.05) is 12.7 Å². The Balaban J connectivity index is 1.85. The smallest absolute Gasteiger partial charge is 0.313 e. The molecule has 2 atom stereocenters. The molecule has 10 heteroatoms. The number of amides is 3. The van der Waals surface area contributed by atoms with Crippen LogP contribution in [-0.2, 0) is 9.59 Å². The number of nitrogens with one attached hydrogen (secondary N) is 1. The molecule has 3 rings (SSSR count). The Morgan fingerprint density at radius 3 is 2.60 bits per heavy atom. The molecular formula is C20H19ClF2N4O3. The zero-order valence-corrected chi connectivity index (χ0v) is 16.7. The lowest BCUT2D eigenvalue weighted by Crippen LogP contribution is -2.46. The van der Waals surface area contributed by atoms with Crippen molar-refractivity contribution in [1.82, 2.24) is 9.88 Å². The fourth-order valence-corrected chi connectivity index (χ4v) is 3.67. The number of nitrogens with two attached hydrogens (primary N) is 1. The molecule has 3 amide bonds. The summed E-state index contributed by atoms with van der Waals surface area (Å²) in [5.74, 6) is -4.71. The molecule has 158 valence electrons. The number of hydrogen-bond donors (Lipinski definition) is 2. The van der Waals surface area contributed by atoms with Gasteiger partial charge in [-0.1, -0.05) is 18.5 Å². The Bertz CT molecular complexity index is 994. The number of anilines is 1. The lowest BCUT2D eigenvalue weighted by atomic mass is 9.89. The van der Waals surface area contributed by atoms with Crippen LogP contribution in [0, 0.1) is 17.6 Å². The second kappa shape index (κ2) is 8.74. The van der Waals surface area contributed by atoms with Gasteiger partial charge >= 0.3 is 11.8 Å². The van der Waals surface area contributed by atoms with E-state index in [0.29, 0.717) is 12.0 Å². The van der Waals surface area contributed by atoms with E-state index < -0.39 is 40.4 Å². The Morgan fingerprint density at radius 2 is 1.93 bits per heavy atom. The van der Waals surface area contributed by atoms with Crippen molar-refractivity contribution in [3.05, 3.63) is 58.4 Å². The molecule has 1 aliphatic rings. The average Bonchev–Trinajstić information content (AvgIpc) is 2.71. The summed E-state index contributed by atoms with van der Waals surface area (Å²) in [6.45, 7) is 2.18. The number of nitrogens with zero attached hydrogens (tertiary/aromatic N) is 2. The molecule has 2 aromatic rings. The normalized spacial score (nSPS) is 18.7. The predicted molar refractivity (Wildman–Crippen MR) is 106 cm³/mol. The molecule has 0 spiro atoms. The van der Waals surface area contributed by atoms with Gasteiger partial charge in [0.15, 0.2) is 11.6 Å². The lowest BCUT2D eigenvalue weighted by Gasteiger charge is -2.38. The number of hydrogen-bond acceptors (Lipinski definition) is 4. The highest BCUT2D eigenvalue weighted by molar-refractivity contribution is 6.39. The van der Waals surface area contributed by atoms with Gasteiger partial charge in [-0.25, -0.2) is 8.78 Å². The fraction of sp³-hybridized carbons (Fsp3) is 0.300. The summed E-state index contributed by atoms with van der Waals surface area (Å²) in [7, 11) is 0. The number of pyridine rings is 1. The van der Waals surface area contributed by atoms with E-state index in [4.69, 9.17) is 17.3 Å². The van der Waals surface area contributed by atoms with Crippen LogP contribution in [-0.4, -0.2) is 34.2 Å². The molecular weight excluding hydrogens is 418 g/mol. The van der Waals surface area contributed by atoms with E-state index in [1.807, 2.05) is 6.92 Å². The Morgan fingerprint density at radius 1 is 1.20 bits per heavy atom. The van der Waals surface area contributed by atoms with Gasteiger partial charge in [0.25, 0.3) is 0 Å². The first kappa shape index (κ1) is 21.6. The van der Waals surface area contributed by atoms with Crippen LogP contribution in [0.5, 0.6) is 0 Å². The minimum atomic E-state index is -1.16. The van der Waals surface area contributed by atoms with Crippen molar-refractivity contribution < 1.29 is 23.2 Å². The number of rotatable bonds is 3. The van der Waals surface area contributed by atoms with Gasteiger partial charge in [0.1, 0.15) is 0 Å². The van der Waals surface area contributed by atoms with Crippen molar-refractivity contribution >= 4 is 35.0 Å². The molecule has 0 unspecified atom stereocenters. The second-order valence-electron chi connectivity index (χ2n) is 7.24. The van der Waals surface area contributed by atoms with Crippen molar-refractivity contribution in [2.75, 3.05) is 11.9 Å². The van der Waals surface area contributed by atoms with Gasteiger partial charge in [0.2, 0.25) is 5.91 Å². The Hall–Kier alpha value is -3.07. The summed E-state index contributed by atoms with van der Waals surface area (Å²) in [4.78, 5) is 41.8. The van der Waals surface area contributed by atoms with Crippen LogP contribution >= 0.6 is 11.6 Å². The first-order valence-electron chi connectivity index (χ1n) is 9.18. The molecule has 3 N–H and O–H groups in total. The average molecular weight is 437 g/mol. The molecule has 1 aliphatic heterocycles. The molecule has 1 aromatic heterocycles. The highest BCUT2D eigenvalue weighted by Gasteiger charge is 2.35. The lowest BCUT2D eigenvalue weighted by molar-refractivity contribution is -0.146. The number of piperidine rings is 1. The van der Waals surface area contributed by atoms with Crippen molar-refractivity contribution in [1.29, 1.82) is 0 Å². The van der Waals surface area contributed by atoms with E-state index in [-0.39, 0.29) is 23.7 Å². The molecule has 1 saturated heterocycles. The van der Waals surface area contributed by atoms with E-state index in [1.54, 1.807) is 0 Å². The molecule has 0 saturated carbocycles. The van der Waals surface area contributed by atoms with Crippen LogP contribution in [0.4, 0.5) is 14.5 Å². The van der Waals surface area contributed by atoms with Crippen LogP contribution < -0.4 is 11.1 Å². The molecule has 0 radical (unpaired) electrons. The molecule has 7 nitrogen and oxygen atoms in total. The molecule has 0 bridgehead atoms. The minimum absolute atomic E-state index is 0.0705. The zero-order chi connectivity index (χ0) is 22.0. The summed E-state index contributed by atoms with van der Waals surface area (Å²) in [5.41, 5.74) is 5.70. The summed E-state index contributed by atoms with van der Waals surface area (Å²) in [6.07, 6.45) is 3.69. The van der Waals surface area contributed by atoms with Gasteiger partial charge < -0.3 is 16.0 Å². The Labute approximate surface area is 176 Å². The first-order chi connectivity index (χ1) is 14.2. The topological polar surface area (TPSA) is 105 Å². The summed E-state index contributed by atoms with van der Waals surface area (Å²) < 4.78 is 27.4. The van der Waals surface area contributed by atoms with Gasteiger partial charge in [-0.15, -0.1) is 0 Å². The monoisotopic (exact) mass is 436 g/mol. The van der Waals surface area contributed by atoms with Crippen molar-refractivity contribution in [3.63, 3.8) is 0 Å². The molecule has 30 heavy (non-hydrogen) atoms. The van der Waals surface area contributed by atoms with E-state index in [9.17, 15) is 23.2 Å². The summed E-state index contributed by atoms with van der Waals surface area (Å²) in [6, 6.07) is 2.91. The summed E-state index contributed by atoms with van der Waals surface area (Å²) in [5, 5.41) is 2.00. The maximum atomic E-state index is 13.9. The standard InChI is InChI=1S/C20H19ClF2N4O3/c1-10-2-3-16(11-5-14(21)17(23)15(22)6-11)27(9-10)20(30)19(29)26-13-4-12(18(24)28)7-25-8-13/h4-8,10,16H,2-3,9H2,1H3,(H2,24,28)(H,26,29)/t10-,16+/m0/s1. The molecule has 1 fully saturated rings. The van der Waals surface area contributed by atoms with Crippen LogP contribution in [0.25, 0.3) is 0 Å². The highest BCUT2D eigenvalue weighted by atomic mass is 35.5. The molecule has 0 aliphatic carbocycles. The number of benzene rings is 1.